The van der Waals surface area contributed by atoms with Crippen molar-refractivity contribution < 1.29 is 14.3 Å². The molecule has 0 radical (unpaired) electrons. The van der Waals surface area contributed by atoms with Crippen LogP contribution < -0.4 is 9.47 Å². The van der Waals surface area contributed by atoms with Gasteiger partial charge in [0.2, 0.25) is 0 Å². The number of hydrogen-bond donors (Lipinski definition) is 0. The monoisotopic (exact) mass is 372 g/mol. The van der Waals surface area contributed by atoms with E-state index < -0.39 is 0 Å². The Kier molecular flexibility index (Phi) is 6.64. The number of para-hydroxylation sites is 1. The van der Waals surface area contributed by atoms with Gasteiger partial charge >= 0.3 is 5.97 Å². The number of esters is 1. The van der Waals surface area contributed by atoms with Crippen molar-refractivity contribution in [1.82, 2.24) is 0 Å². The van der Waals surface area contributed by atoms with E-state index in [0.29, 0.717) is 23.8 Å². The number of benzene rings is 3. The molecule has 142 valence electrons. The summed E-state index contributed by atoms with van der Waals surface area (Å²) >= 11 is 0. The highest BCUT2D eigenvalue weighted by Gasteiger charge is 2.09. The molecule has 0 atom stereocenters. The average Bonchev–Trinajstić information content (AvgIpc) is 2.72. The Morgan fingerprint density at radius 2 is 1.64 bits per heavy atom. The normalized spacial score (nSPS) is 11.0. The summed E-state index contributed by atoms with van der Waals surface area (Å²) in [5.74, 6) is 1.46. The molecule has 0 aliphatic carbocycles. The molecule has 0 heterocycles. The van der Waals surface area contributed by atoms with E-state index in [2.05, 4.69) is 26.0 Å². The lowest BCUT2D eigenvalue weighted by molar-refractivity contribution is 0.0734. The van der Waals surface area contributed by atoms with Gasteiger partial charge in [0.15, 0.2) is 0 Å². The lowest BCUT2D eigenvalue weighted by Gasteiger charge is -2.09. The zero-order chi connectivity index (χ0) is 19.8. The van der Waals surface area contributed by atoms with E-state index in [-0.39, 0.29) is 5.97 Å². The summed E-state index contributed by atoms with van der Waals surface area (Å²) in [5.41, 5.74) is 2.55. The van der Waals surface area contributed by atoms with Crippen molar-refractivity contribution in [2.75, 3.05) is 0 Å². The van der Waals surface area contributed by atoms with Crippen molar-refractivity contribution in [3.63, 3.8) is 0 Å². The summed E-state index contributed by atoms with van der Waals surface area (Å²) in [6, 6.07) is 24.3. The van der Waals surface area contributed by atoms with Crippen LogP contribution >= 0.6 is 0 Å². The Morgan fingerprint density at radius 3 is 2.36 bits per heavy atom. The fraction of sp³-hybridized carbons (Fsp3) is 0.160. The number of allylic oxidation sites excluding steroid dienone is 1. The summed E-state index contributed by atoms with van der Waals surface area (Å²) in [5, 5.41) is 0. The first-order valence-electron chi connectivity index (χ1n) is 9.37. The standard InChI is InChI=1S/C25H24O3/c1-19(2)11-12-20-13-15-23(16-14-20)27-18-21-7-6-8-22(17-21)25(26)28-24-9-4-3-5-10-24/h3-17,19H,18H2,1-2H3/b12-11+. The summed E-state index contributed by atoms with van der Waals surface area (Å²) in [4.78, 5) is 12.3. The fourth-order valence-electron chi connectivity index (χ4n) is 2.59. The molecule has 3 rings (SSSR count). The Morgan fingerprint density at radius 1 is 0.893 bits per heavy atom. The molecule has 0 aliphatic rings. The van der Waals surface area contributed by atoms with Crippen molar-refractivity contribution in [3.8, 4) is 11.5 Å². The highest BCUT2D eigenvalue weighted by molar-refractivity contribution is 5.91. The van der Waals surface area contributed by atoms with E-state index in [1.807, 2.05) is 54.6 Å². The Labute approximate surface area is 166 Å². The molecule has 0 amide bonds. The predicted octanol–water partition coefficient (Wildman–Crippen LogP) is 6.15. The average molecular weight is 372 g/mol. The minimum Gasteiger partial charge on any atom is -0.489 e. The number of carbonyl (C=O) groups excluding carboxylic acids is 1. The maximum atomic E-state index is 12.3. The Balaban J connectivity index is 1.59. The zero-order valence-electron chi connectivity index (χ0n) is 16.2. The molecule has 0 N–H and O–H groups in total. The van der Waals surface area contributed by atoms with E-state index in [9.17, 15) is 4.79 Å². The molecule has 3 aromatic carbocycles. The van der Waals surface area contributed by atoms with E-state index in [1.54, 1.807) is 24.3 Å². The Bertz CT molecular complexity index is 926. The van der Waals surface area contributed by atoms with Gasteiger partial charge in [-0.25, -0.2) is 4.79 Å². The van der Waals surface area contributed by atoms with E-state index in [1.165, 1.54) is 0 Å². The van der Waals surface area contributed by atoms with Crippen molar-refractivity contribution in [3.05, 3.63) is 102 Å². The SMILES string of the molecule is CC(C)/C=C/c1ccc(OCc2cccc(C(=O)Oc3ccccc3)c2)cc1. The van der Waals surface area contributed by atoms with Gasteiger partial charge in [-0.1, -0.05) is 68.5 Å². The first-order valence-corrected chi connectivity index (χ1v) is 9.37. The van der Waals surface area contributed by atoms with Gasteiger partial charge in [0.05, 0.1) is 5.56 Å². The van der Waals surface area contributed by atoms with Crippen molar-refractivity contribution in [2.45, 2.75) is 20.5 Å². The highest BCUT2D eigenvalue weighted by atomic mass is 16.5. The number of ether oxygens (including phenoxy) is 2. The summed E-state index contributed by atoms with van der Waals surface area (Å²) in [7, 11) is 0. The quantitative estimate of drug-likeness (QED) is 0.368. The molecule has 28 heavy (non-hydrogen) atoms. The summed E-state index contributed by atoms with van der Waals surface area (Å²) in [6.45, 7) is 4.68. The minimum atomic E-state index is -0.380. The van der Waals surface area contributed by atoms with Crippen LogP contribution in [0.4, 0.5) is 0 Å². The second kappa shape index (κ2) is 9.56. The van der Waals surface area contributed by atoms with Crippen molar-refractivity contribution in [1.29, 1.82) is 0 Å². The first-order chi connectivity index (χ1) is 13.6. The molecule has 0 saturated carbocycles. The third kappa shape index (κ3) is 5.85. The summed E-state index contributed by atoms with van der Waals surface area (Å²) < 4.78 is 11.2. The molecule has 3 aromatic rings. The molecule has 0 bridgehead atoms. The van der Waals surface area contributed by atoms with Crippen molar-refractivity contribution in [2.24, 2.45) is 5.92 Å². The van der Waals surface area contributed by atoms with Gasteiger partial charge in [0.1, 0.15) is 18.1 Å². The van der Waals surface area contributed by atoms with Crippen LogP contribution in [0.25, 0.3) is 6.08 Å². The second-order valence-corrected chi connectivity index (χ2v) is 6.86. The summed E-state index contributed by atoms with van der Waals surface area (Å²) in [6.07, 6.45) is 4.27. The number of hydrogen-bond acceptors (Lipinski definition) is 3. The van der Waals surface area contributed by atoms with Crippen LogP contribution in [-0.2, 0) is 6.61 Å². The molecule has 0 aromatic heterocycles. The van der Waals surface area contributed by atoms with Gasteiger partial charge in [-0.2, -0.15) is 0 Å². The predicted molar refractivity (Wildman–Crippen MR) is 112 cm³/mol. The topological polar surface area (TPSA) is 35.5 Å². The third-order valence-electron chi connectivity index (χ3n) is 4.08. The molecule has 0 unspecified atom stereocenters. The van der Waals surface area contributed by atoms with Gasteiger partial charge in [0, 0.05) is 0 Å². The van der Waals surface area contributed by atoms with E-state index in [0.717, 1.165) is 16.9 Å². The minimum absolute atomic E-state index is 0.380. The van der Waals surface area contributed by atoms with Gasteiger partial charge in [0.25, 0.3) is 0 Å². The lowest BCUT2D eigenvalue weighted by atomic mass is 10.1. The van der Waals surface area contributed by atoms with Gasteiger partial charge in [-0.3, -0.25) is 0 Å². The highest BCUT2D eigenvalue weighted by Crippen LogP contribution is 2.17. The molecular weight excluding hydrogens is 348 g/mol. The lowest BCUT2D eigenvalue weighted by Crippen LogP contribution is -2.09. The molecule has 0 aliphatic heterocycles. The van der Waals surface area contributed by atoms with Gasteiger partial charge in [-0.15, -0.1) is 0 Å². The third-order valence-corrected chi connectivity index (χ3v) is 4.08. The molecular formula is C25H24O3. The maximum Gasteiger partial charge on any atom is 0.343 e. The van der Waals surface area contributed by atoms with Crippen LogP contribution in [0.3, 0.4) is 0 Å². The number of carbonyl (C=O) groups is 1. The first kappa shape index (κ1) is 19.4. The molecule has 3 nitrogen and oxygen atoms in total. The number of rotatable bonds is 7. The second-order valence-electron chi connectivity index (χ2n) is 6.86. The molecule has 3 heteroatoms. The largest absolute Gasteiger partial charge is 0.489 e. The van der Waals surface area contributed by atoms with Crippen LogP contribution in [0, 0.1) is 5.92 Å². The van der Waals surface area contributed by atoms with Crippen LogP contribution in [0.1, 0.15) is 35.3 Å². The fourth-order valence-corrected chi connectivity index (χ4v) is 2.59. The molecule has 0 fully saturated rings. The van der Waals surface area contributed by atoms with Crippen LogP contribution in [0.5, 0.6) is 11.5 Å². The Hall–Kier alpha value is -3.33. The molecule has 0 saturated heterocycles. The molecule has 0 spiro atoms. The van der Waals surface area contributed by atoms with E-state index in [4.69, 9.17) is 9.47 Å². The van der Waals surface area contributed by atoms with Crippen LogP contribution in [0.2, 0.25) is 0 Å². The van der Waals surface area contributed by atoms with E-state index >= 15 is 0 Å². The van der Waals surface area contributed by atoms with Crippen LogP contribution in [0.15, 0.2) is 84.9 Å². The smallest absolute Gasteiger partial charge is 0.343 e. The van der Waals surface area contributed by atoms with Crippen LogP contribution in [-0.4, -0.2) is 5.97 Å². The van der Waals surface area contributed by atoms with Gasteiger partial charge < -0.3 is 9.47 Å². The van der Waals surface area contributed by atoms with Gasteiger partial charge in [-0.05, 0) is 53.4 Å². The van der Waals surface area contributed by atoms with Crippen molar-refractivity contribution >= 4 is 12.0 Å². The zero-order valence-corrected chi connectivity index (χ0v) is 16.2. The maximum absolute atomic E-state index is 12.3.